The van der Waals surface area contributed by atoms with Crippen molar-refractivity contribution in [2.24, 2.45) is 0 Å². The Labute approximate surface area is 76.3 Å². The summed E-state index contributed by atoms with van der Waals surface area (Å²) in [5, 5.41) is 0. The van der Waals surface area contributed by atoms with Crippen molar-refractivity contribution >= 4 is 0 Å². The minimum Gasteiger partial charge on any atom is -0.374 e. The van der Waals surface area contributed by atoms with Crippen molar-refractivity contribution in [3.63, 3.8) is 0 Å². The fourth-order valence-electron chi connectivity index (χ4n) is 1.05. The van der Waals surface area contributed by atoms with Gasteiger partial charge in [-0.15, -0.1) is 0 Å². The zero-order valence-corrected chi connectivity index (χ0v) is 7.20. The van der Waals surface area contributed by atoms with E-state index in [9.17, 15) is 4.39 Å². The molecule has 1 aliphatic heterocycles. The van der Waals surface area contributed by atoms with Crippen LogP contribution in [0.5, 0.6) is 0 Å². The quantitative estimate of drug-likeness (QED) is 0.661. The first-order valence-corrected chi connectivity index (χ1v) is 4.28. The Morgan fingerprint density at radius 1 is 1.38 bits per heavy atom. The van der Waals surface area contributed by atoms with E-state index in [2.05, 4.69) is 0 Å². The summed E-state index contributed by atoms with van der Waals surface area (Å²) in [6.07, 6.45) is 0.292. The van der Waals surface area contributed by atoms with E-state index in [1.807, 2.05) is 0 Å². The molecule has 13 heavy (non-hydrogen) atoms. The van der Waals surface area contributed by atoms with E-state index >= 15 is 0 Å². The molecule has 1 heterocycles. The number of epoxide rings is 1. The van der Waals surface area contributed by atoms with Crippen LogP contribution in [-0.2, 0) is 16.1 Å². The molecular formula is C10H11FO2. The number of hydrogen-bond acceptors (Lipinski definition) is 2. The SMILES string of the molecule is Fc1ccc(COC[C@@H]2CO2)cc1. The second-order valence-electron chi connectivity index (χ2n) is 3.10. The normalized spacial score (nSPS) is 20.2. The molecule has 1 aromatic rings. The topological polar surface area (TPSA) is 21.8 Å². The Morgan fingerprint density at radius 2 is 2.08 bits per heavy atom. The molecule has 0 aliphatic carbocycles. The standard InChI is InChI=1S/C10H11FO2/c11-9-3-1-8(2-4-9)5-12-6-10-7-13-10/h1-4,10H,5-7H2/t10-/m1/s1. The second-order valence-corrected chi connectivity index (χ2v) is 3.10. The molecule has 3 heteroatoms. The van der Waals surface area contributed by atoms with Gasteiger partial charge in [-0.25, -0.2) is 4.39 Å². The van der Waals surface area contributed by atoms with Crippen LogP contribution in [0.2, 0.25) is 0 Å². The zero-order valence-electron chi connectivity index (χ0n) is 7.20. The van der Waals surface area contributed by atoms with Crippen molar-refractivity contribution in [3.05, 3.63) is 35.6 Å². The van der Waals surface area contributed by atoms with E-state index in [4.69, 9.17) is 9.47 Å². The summed E-state index contributed by atoms with van der Waals surface area (Å²) in [6, 6.07) is 6.32. The van der Waals surface area contributed by atoms with Gasteiger partial charge in [-0.2, -0.15) is 0 Å². The van der Waals surface area contributed by atoms with Gasteiger partial charge < -0.3 is 9.47 Å². The summed E-state index contributed by atoms with van der Waals surface area (Å²) in [6.45, 7) is 1.97. The van der Waals surface area contributed by atoms with Gasteiger partial charge in [0.2, 0.25) is 0 Å². The molecule has 1 aliphatic rings. The highest BCUT2D eigenvalue weighted by atomic mass is 19.1. The van der Waals surface area contributed by atoms with Crippen molar-refractivity contribution in [1.82, 2.24) is 0 Å². The lowest BCUT2D eigenvalue weighted by Crippen LogP contribution is -2.01. The molecule has 0 unspecified atom stereocenters. The molecule has 0 amide bonds. The van der Waals surface area contributed by atoms with E-state index in [1.165, 1.54) is 12.1 Å². The molecule has 0 spiro atoms. The zero-order chi connectivity index (χ0) is 9.10. The van der Waals surface area contributed by atoms with Crippen LogP contribution < -0.4 is 0 Å². The predicted molar refractivity (Wildman–Crippen MR) is 45.8 cm³/mol. The van der Waals surface area contributed by atoms with Crippen LogP contribution in [0.3, 0.4) is 0 Å². The fourth-order valence-corrected chi connectivity index (χ4v) is 1.05. The molecule has 1 fully saturated rings. The van der Waals surface area contributed by atoms with Crippen LogP contribution in [0, 0.1) is 5.82 Å². The number of halogens is 1. The molecule has 0 N–H and O–H groups in total. The van der Waals surface area contributed by atoms with Gasteiger partial charge in [0.15, 0.2) is 0 Å². The van der Waals surface area contributed by atoms with E-state index in [-0.39, 0.29) is 5.82 Å². The van der Waals surface area contributed by atoms with Crippen LogP contribution in [0.25, 0.3) is 0 Å². The van der Waals surface area contributed by atoms with Crippen molar-refractivity contribution in [2.75, 3.05) is 13.2 Å². The van der Waals surface area contributed by atoms with Gasteiger partial charge in [0.05, 0.1) is 19.8 Å². The van der Waals surface area contributed by atoms with E-state index in [1.54, 1.807) is 12.1 Å². The summed E-state index contributed by atoms with van der Waals surface area (Å²) in [7, 11) is 0. The van der Waals surface area contributed by atoms with Crippen molar-refractivity contribution < 1.29 is 13.9 Å². The number of hydrogen-bond donors (Lipinski definition) is 0. The summed E-state index contributed by atoms with van der Waals surface area (Å²) in [5.74, 6) is -0.214. The van der Waals surface area contributed by atoms with E-state index in [0.29, 0.717) is 19.3 Å². The third kappa shape index (κ3) is 2.79. The van der Waals surface area contributed by atoms with Crippen LogP contribution >= 0.6 is 0 Å². The Bertz CT molecular complexity index is 267. The largest absolute Gasteiger partial charge is 0.374 e. The molecule has 0 bridgehead atoms. The molecule has 0 aromatic heterocycles. The molecule has 0 radical (unpaired) electrons. The van der Waals surface area contributed by atoms with Crippen molar-refractivity contribution in [3.8, 4) is 0 Å². The smallest absolute Gasteiger partial charge is 0.123 e. The molecule has 1 aromatic carbocycles. The highest BCUT2D eigenvalue weighted by molar-refractivity contribution is 5.14. The summed E-state index contributed by atoms with van der Waals surface area (Å²) >= 11 is 0. The highest BCUT2D eigenvalue weighted by Crippen LogP contribution is 2.10. The maximum absolute atomic E-state index is 12.5. The molecule has 2 rings (SSSR count). The average Bonchev–Trinajstić information content (AvgIpc) is 2.92. The monoisotopic (exact) mass is 182 g/mol. The average molecular weight is 182 g/mol. The Balaban J connectivity index is 1.76. The lowest BCUT2D eigenvalue weighted by Gasteiger charge is -2.01. The molecule has 1 atom stereocenters. The van der Waals surface area contributed by atoms with Crippen molar-refractivity contribution in [1.29, 1.82) is 0 Å². The van der Waals surface area contributed by atoms with Gasteiger partial charge in [-0.1, -0.05) is 12.1 Å². The minimum absolute atomic E-state index is 0.214. The van der Waals surface area contributed by atoms with Crippen LogP contribution in [0.15, 0.2) is 24.3 Å². The van der Waals surface area contributed by atoms with Crippen LogP contribution in [-0.4, -0.2) is 19.3 Å². The third-order valence-electron chi connectivity index (χ3n) is 1.89. The first-order valence-electron chi connectivity index (χ1n) is 4.28. The first kappa shape index (κ1) is 8.66. The summed E-state index contributed by atoms with van der Waals surface area (Å²) in [5.41, 5.74) is 0.988. The first-order chi connectivity index (χ1) is 6.34. The third-order valence-corrected chi connectivity index (χ3v) is 1.89. The van der Waals surface area contributed by atoms with Gasteiger partial charge >= 0.3 is 0 Å². The summed E-state index contributed by atoms with van der Waals surface area (Å²) in [4.78, 5) is 0. The maximum atomic E-state index is 12.5. The Hall–Kier alpha value is -0.930. The minimum atomic E-state index is -0.214. The van der Waals surface area contributed by atoms with E-state index < -0.39 is 0 Å². The molecule has 0 saturated carbocycles. The number of rotatable bonds is 4. The maximum Gasteiger partial charge on any atom is 0.123 e. The number of benzene rings is 1. The van der Waals surface area contributed by atoms with E-state index in [0.717, 1.165) is 12.2 Å². The van der Waals surface area contributed by atoms with Crippen LogP contribution in [0.4, 0.5) is 4.39 Å². The fraction of sp³-hybridized carbons (Fsp3) is 0.400. The van der Waals surface area contributed by atoms with Gasteiger partial charge in [0.25, 0.3) is 0 Å². The molecular weight excluding hydrogens is 171 g/mol. The molecule has 2 nitrogen and oxygen atoms in total. The van der Waals surface area contributed by atoms with Crippen molar-refractivity contribution in [2.45, 2.75) is 12.7 Å². The lowest BCUT2D eigenvalue weighted by molar-refractivity contribution is 0.104. The molecule has 1 saturated heterocycles. The highest BCUT2D eigenvalue weighted by Gasteiger charge is 2.22. The Kier molecular flexibility index (Phi) is 2.57. The predicted octanol–water partition coefficient (Wildman–Crippen LogP) is 1.74. The van der Waals surface area contributed by atoms with Gasteiger partial charge in [-0.05, 0) is 17.7 Å². The summed E-state index contributed by atoms with van der Waals surface area (Å²) < 4.78 is 22.8. The number of ether oxygens (including phenoxy) is 2. The van der Waals surface area contributed by atoms with Gasteiger partial charge in [0.1, 0.15) is 11.9 Å². The van der Waals surface area contributed by atoms with Crippen LogP contribution in [0.1, 0.15) is 5.56 Å². The molecule has 70 valence electrons. The Morgan fingerprint density at radius 3 is 2.69 bits per heavy atom. The van der Waals surface area contributed by atoms with Gasteiger partial charge in [0, 0.05) is 0 Å². The second kappa shape index (κ2) is 3.85. The van der Waals surface area contributed by atoms with Gasteiger partial charge in [-0.3, -0.25) is 0 Å². The lowest BCUT2D eigenvalue weighted by atomic mass is 10.2.